The number of nitrogens with zero attached hydrogens (tertiary/aromatic N) is 4. The third-order valence-corrected chi connectivity index (χ3v) is 5.67. The fraction of sp³-hybridized carbons (Fsp3) is 0.0500. The lowest BCUT2D eigenvalue weighted by atomic mass is 10.1. The summed E-state index contributed by atoms with van der Waals surface area (Å²) in [6.45, 7) is 0. The van der Waals surface area contributed by atoms with Gasteiger partial charge in [0.25, 0.3) is 0 Å². The molecular formula is C20H14Cl2N4S. The van der Waals surface area contributed by atoms with E-state index in [-0.39, 0.29) is 0 Å². The second-order valence-electron chi connectivity index (χ2n) is 5.79. The van der Waals surface area contributed by atoms with Gasteiger partial charge in [-0.3, -0.25) is 0 Å². The Labute approximate surface area is 171 Å². The van der Waals surface area contributed by atoms with Gasteiger partial charge in [-0.2, -0.15) is 5.10 Å². The molecule has 0 bridgehead atoms. The van der Waals surface area contributed by atoms with Crippen molar-refractivity contribution in [2.24, 2.45) is 0 Å². The number of aromatic nitrogens is 4. The molecule has 7 heteroatoms. The van der Waals surface area contributed by atoms with Crippen molar-refractivity contribution in [3.8, 4) is 16.9 Å². The molecule has 0 atom stereocenters. The van der Waals surface area contributed by atoms with Crippen LogP contribution in [0, 0.1) is 0 Å². The predicted octanol–water partition coefficient (Wildman–Crippen LogP) is 5.93. The van der Waals surface area contributed by atoms with Gasteiger partial charge in [-0.1, -0.05) is 53.2 Å². The Morgan fingerprint density at radius 1 is 0.889 bits per heavy atom. The highest BCUT2D eigenvalue weighted by atomic mass is 35.5. The van der Waals surface area contributed by atoms with Gasteiger partial charge in [0, 0.05) is 23.7 Å². The molecule has 0 aliphatic rings. The number of halogens is 2. The van der Waals surface area contributed by atoms with Gasteiger partial charge in [0.05, 0.1) is 21.4 Å². The van der Waals surface area contributed by atoms with Crippen LogP contribution in [0.3, 0.4) is 0 Å². The molecule has 4 rings (SSSR count). The van der Waals surface area contributed by atoms with Crippen molar-refractivity contribution in [3.63, 3.8) is 0 Å². The van der Waals surface area contributed by atoms with Crippen LogP contribution in [0.1, 0.15) is 5.56 Å². The Hall–Kier alpha value is -2.34. The molecule has 0 saturated carbocycles. The monoisotopic (exact) mass is 412 g/mol. The molecule has 4 aromatic rings. The number of rotatable bonds is 5. The van der Waals surface area contributed by atoms with E-state index in [2.05, 4.69) is 15.3 Å². The van der Waals surface area contributed by atoms with E-state index >= 15 is 0 Å². The zero-order valence-electron chi connectivity index (χ0n) is 14.1. The van der Waals surface area contributed by atoms with Gasteiger partial charge in [-0.15, -0.1) is 10.2 Å². The second kappa shape index (κ2) is 8.13. The lowest BCUT2D eigenvalue weighted by Gasteiger charge is -2.05. The van der Waals surface area contributed by atoms with Crippen molar-refractivity contribution in [1.29, 1.82) is 0 Å². The molecule has 2 aromatic heterocycles. The second-order valence-corrected chi connectivity index (χ2v) is 7.60. The van der Waals surface area contributed by atoms with Gasteiger partial charge in [0.15, 0.2) is 0 Å². The fourth-order valence-corrected chi connectivity index (χ4v) is 3.62. The molecule has 0 aliphatic carbocycles. The number of thioether (sulfide) groups is 1. The van der Waals surface area contributed by atoms with Crippen LogP contribution in [0.15, 0.2) is 78.1 Å². The van der Waals surface area contributed by atoms with Crippen LogP contribution in [0.25, 0.3) is 16.9 Å². The lowest BCUT2D eigenvalue weighted by molar-refractivity contribution is 0.880. The van der Waals surface area contributed by atoms with E-state index in [0.717, 1.165) is 33.3 Å². The van der Waals surface area contributed by atoms with Gasteiger partial charge in [-0.25, -0.2) is 4.68 Å². The molecule has 0 N–H and O–H groups in total. The molecular weight excluding hydrogens is 399 g/mol. The molecule has 2 heterocycles. The fourth-order valence-electron chi connectivity index (χ4n) is 2.54. The molecule has 0 radical (unpaired) electrons. The lowest BCUT2D eigenvalue weighted by Crippen LogP contribution is -1.94. The summed E-state index contributed by atoms with van der Waals surface area (Å²) in [6, 6.07) is 19.6. The van der Waals surface area contributed by atoms with Crippen LogP contribution in [-0.2, 0) is 5.75 Å². The van der Waals surface area contributed by atoms with Crippen LogP contribution >= 0.6 is 35.0 Å². The largest absolute Gasteiger partial charge is 0.241 e. The van der Waals surface area contributed by atoms with Crippen molar-refractivity contribution in [3.05, 3.63) is 88.7 Å². The third kappa shape index (κ3) is 4.33. The Morgan fingerprint density at radius 3 is 2.41 bits per heavy atom. The van der Waals surface area contributed by atoms with E-state index in [1.54, 1.807) is 18.0 Å². The van der Waals surface area contributed by atoms with E-state index in [9.17, 15) is 0 Å². The average Bonchev–Trinajstić information content (AvgIpc) is 3.24. The van der Waals surface area contributed by atoms with E-state index in [4.69, 9.17) is 23.2 Å². The molecule has 2 aromatic carbocycles. The summed E-state index contributed by atoms with van der Waals surface area (Å²) >= 11 is 13.6. The molecule has 0 amide bonds. The summed E-state index contributed by atoms with van der Waals surface area (Å²) in [5.74, 6) is 0.753. The SMILES string of the molecule is Clc1ccc(CSc2ccc(-c3ccc(-n4cccn4)cc3)nn2)cc1Cl. The predicted molar refractivity (Wildman–Crippen MR) is 111 cm³/mol. The summed E-state index contributed by atoms with van der Waals surface area (Å²) in [5, 5.41) is 14.9. The Kier molecular flexibility index (Phi) is 5.43. The van der Waals surface area contributed by atoms with Crippen LogP contribution in [0.5, 0.6) is 0 Å². The highest BCUT2D eigenvalue weighted by molar-refractivity contribution is 7.98. The van der Waals surface area contributed by atoms with Crippen molar-refractivity contribution in [2.45, 2.75) is 10.8 Å². The highest BCUT2D eigenvalue weighted by Crippen LogP contribution is 2.27. The van der Waals surface area contributed by atoms with Crippen LogP contribution < -0.4 is 0 Å². The minimum atomic E-state index is 0.563. The van der Waals surface area contributed by atoms with Crippen molar-refractivity contribution < 1.29 is 0 Å². The molecule has 134 valence electrons. The standard InChI is InChI=1S/C20H14Cl2N4S/c21-17-7-2-14(12-18(17)22)13-27-20-9-8-19(24-25-20)15-3-5-16(6-4-15)26-11-1-10-23-26/h1-12H,13H2. The molecule has 27 heavy (non-hydrogen) atoms. The Balaban J connectivity index is 1.43. The number of hydrogen-bond acceptors (Lipinski definition) is 4. The van der Waals surface area contributed by atoms with Crippen molar-refractivity contribution in [1.82, 2.24) is 20.0 Å². The Morgan fingerprint density at radius 2 is 1.74 bits per heavy atom. The molecule has 0 fully saturated rings. The van der Waals surface area contributed by atoms with E-state index in [0.29, 0.717) is 10.0 Å². The molecule has 0 unspecified atom stereocenters. The summed E-state index contributed by atoms with van der Waals surface area (Å²) in [7, 11) is 0. The number of benzene rings is 2. The van der Waals surface area contributed by atoms with Gasteiger partial charge < -0.3 is 0 Å². The zero-order valence-corrected chi connectivity index (χ0v) is 16.4. The van der Waals surface area contributed by atoms with Gasteiger partial charge >= 0.3 is 0 Å². The first-order valence-corrected chi connectivity index (χ1v) is 9.94. The minimum absolute atomic E-state index is 0.563. The maximum Gasteiger partial charge on any atom is 0.119 e. The Bertz CT molecular complexity index is 1030. The van der Waals surface area contributed by atoms with Crippen molar-refractivity contribution >= 4 is 35.0 Å². The van der Waals surface area contributed by atoms with E-state index < -0.39 is 0 Å². The minimum Gasteiger partial charge on any atom is -0.241 e. The molecule has 0 aliphatic heterocycles. The number of hydrogen-bond donors (Lipinski definition) is 0. The summed E-state index contributed by atoms with van der Waals surface area (Å²) in [4.78, 5) is 0. The first-order chi connectivity index (χ1) is 13.2. The normalized spacial score (nSPS) is 10.9. The van der Waals surface area contributed by atoms with Gasteiger partial charge in [-0.05, 0) is 48.0 Å². The first-order valence-electron chi connectivity index (χ1n) is 8.20. The summed E-state index contributed by atoms with van der Waals surface area (Å²) in [5.41, 5.74) is 3.94. The third-order valence-electron chi connectivity index (χ3n) is 3.94. The summed E-state index contributed by atoms with van der Waals surface area (Å²) < 4.78 is 1.82. The van der Waals surface area contributed by atoms with E-state index in [1.165, 1.54) is 0 Å². The topological polar surface area (TPSA) is 43.6 Å². The quantitative estimate of drug-likeness (QED) is 0.381. The molecule has 4 nitrogen and oxygen atoms in total. The maximum atomic E-state index is 6.05. The summed E-state index contributed by atoms with van der Waals surface area (Å²) in [6.07, 6.45) is 3.67. The molecule has 0 saturated heterocycles. The average molecular weight is 413 g/mol. The van der Waals surface area contributed by atoms with E-state index in [1.807, 2.05) is 71.5 Å². The van der Waals surface area contributed by atoms with Gasteiger partial charge in [0.1, 0.15) is 5.03 Å². The van der Waals surface area contributed by atoms with Crippen LogP contribution in [0.4, 0.5) is 0 Å². The van der Waals surface area contributed by atoms with Crippen molar-refractivity contribution in [2.75, 3.05) is 0 Å². The van der Waals surface area contributed by atoms with Gasteiger partial charge in [0.2, 0.25) is 0 Å². The van der Waals surface area contributed by atoms with Crippen LogP contribution in [-0.4, -0.2) is 20.0 Å². The van der Waals surface area contributed by atoms with Crippen LogP contribution in [0.2, 0.25) is 10.0 Å². The smallest absolute Gasteiger partial charge is 0.119 e. The first kappa shape index (κ1) is 18.0. The molecule has 0 spiro atoms. The zero-order chi connectivity index (χ0) is 18.6. The highest BCUT2D eigenvalue weighted by Gasteiger charge is 2.05. The maximum absolute atomic E-state index is 6.05.